The standard InChI is InChI=1S/C10H9ClF3NO2/c1-6-4-7(2-3-8(6)11)9(16)15-17-5-10(12,13)14/h2-4H,5H2,1H3,(H,15,16). The minimum Gasteiger partial charge on any atom is -0.267 e. The van der Waals surface area contributed by atoms with Gasteiger partial charge in [-0.1, -0.05) is 11.6 Å². The summed E-state index contributed by atoms with van der Waals surface area (Å²) < 4.78 is 35.2. The molecule has 7 heteroatoms. The van der Waals surface area contributed by atoms with Crippen molar-refractivity contribution in [1.82, 2.24) is 5.48 Å². The van der Waals surface area contributed by atoms with Crippen LogP contribution in [0.15, 0.2) is 18.2 Å². The number of hydroxylamine groups is 1. The number of carbonyl (C=O) groups excluding carboxylic acids is 1. The minimum absolute atomic E-state index is 0.175. The van der Waals surface area contributed by atoms with E-state index in [0.29, 0.717) is 10.6 Å². The van der Waals surface area contributed by atoms with Gasteiger partial charge in [0, 0.05) is 10.6 Å². The van der Waals surface area contributed by atoms with E-state index in [0.717, 1.165) is 0 Å². The maximum absolute atomic E-state index is 11.7. The smallest absolute Gasteiger partial charge is 0.267 e. The maximum atomic E-state index is 11.7. The highest BCUT2D eigenvalue weighted by atomic mass is 35.5. The van der Waals surface area contributed by atoms with Crippen LogP contribution in [-0.4, -0.2) is 18.7 Å². The van der Waals surface area contributed by atoms with Crippen LogP contribution in [0.5, 0.6) is 0 Å². The molecule has 0 saturated heterocycles. The average Bonchev–Trinajstić information content (AvgIpc) is 2.20. The molecular formula is C10H9ClF3NO2. The molecule has 0 spiro atoms. The van der Waals surface area contributed by atoms with Gasteiger partial charge in [-0.15, -0.1) is 0 Å². The van der Waals surface area contributed by atoms with Crippen LogP contribution < -0.4 is 5.48 Å². The summed E-state index contributed by atoms with van der Waals surface area (Å²) in [6, 6.07) is 4.33. The zero-order valence-electron chi connectivity index (χ0n) is 8.77. The molecule has 0 radical (unpaired) electrons. The molecule has 0 fully saturated rings. The van der Waals surface area contributed by atoms with E-state index in [1.54, 1.807) is 12.4 Å². The SMILES string of the molecule is Cc1cc(C(=O)NOCC(F)(F)F)ccc1Cl. The predicted octanol–water partition coefficient (Wildman–Crippen LogP) is 2.87. The van der Waals surface area contributed by atoms with Crippen molar-refractivity contribution >= 4 is 17.5 Å². The number of hydrogen-bond donors (Lipinski definition) is 1. The van der Waals surface area contributed by atoms with Gasteiger partial charge in [-0.2, -0.15) is 13.2 Å². The lowest BCUT2D eigenvalue weighted by Gasteiger charge is -2.08. The monoisotopic (exact) mass is 267 g/mol. The Morgan fingerprint density at radius 3 is 2.65 bits per heavy atom. The summed E-state index contributed by atoms with van der Waals surface area (Å²) in [7, 11) is 0. The third-order valence-electron chi connectivity index (χ3n) is 1.82. The van der Waals surface area contributed by atoms with Gasteiger partial charge in [0.25, 0.3) is 5.91 Å². The van der Waals surface area contributed by atoms with Gasteiger partial charge in [0.05, 0.1) is 0 Å². The lowest BCUT2D eigenvalue weighted by molar-refractivity contribution is -0.184. The number of rotatable bonds is 3. The van der Waals surface area contributed by atoms with E-state index < -0.39 is 18.7 Å². The molecule has 17 heavy (non-hydrogen) atoms. The van der Waals surface area contributed by atoms with Crippen LogP contribution in [0.3, 0.4) is 0 Å². The molecule has 0 aliphatic heterocycles. The lowest BCUT2D eigenvalue weighted by Crippen LogP contribution is -2.29. The van der Waals surface area contributed by atoms with Gasteiger partial charge in [-0.3, -0.25) is 9.63 Å². The largest absolute Gasteiger partial charge is 0.414 e. The van der Waals surface area contributed by atoms with E-state index in [2.05, 4.69) is 4.84 Å². The topological polar surface area (TPSA) is 38.3 Å². The Kier molecular flexibility index (Phi) is 4.36. The van der Waals surface area contributed by atoms with Gasteiger partial charge in [-0.25, -0.2) is 5.48 Å². The lowest BCUT2D eigenvalue weighted by atomic mass is 10.1. The fourth-order valence-electron chi connectivity index (χ4n) is 1.03. The molecule has 0 aliphatic carbocycles. The van der Waals surface area contributed by atoms with E-state index in [-0.39, 0.29) is 5.56 Å². The van der Waals surface area contributed by atoms with Crippen molar-refractivity contribution in [3.63, 3.8) is 0 Å². The number of benzene rings is 1. The van der Waals surface area contributed by atoms with E-state index in [1.807, 2.05) is 0 Å². The molecule has 1 amide bonds. The van der Waals surface area contributed by atoms with Gasteiger partial charge in [0.1, 0.15) is 0 Å². The Morgan fingerprint density at radius 1 is 1.47 bits per heavy atom. The second kappa shape index (κ2) is 5.37. The summed E-state index contributed by atoms with van der Waals surface area (Å²) in [6.45, 7) is 0.140. The first-order valence-corrected chi connectivity index (χ1v) is 4.92. The average molecular weight is 268 g/mol. The number of alkyl halides is 3. The fraction of sp³-hybridized carbons (Fsp3) is 0.300. The molecule has 0 aliphatic rings. The Bertz CT molecular complexity index is 421. The molecule has 1 aromatic carbocycles. The minimum atomic E-state index is -4.48. The van der Waals surface area contributed by atoms with Crippen LogP contribution in [0.4, 0.5) is 13.2 Å². The van der Waals surface area contributed by atoms with Crippen molar-refractivity contribution in [2.45, 2.75) is 13.1 Å². The van der Waals surface area contributed by atoms with Crippen molar-refractivity contribution in [3.8, 4) is 0 Å². The molecule has 0 aromatic heterocycles. The molecule has 0 heterocycles. The summed E-state index contributed by atoms with van der Waals surface area (Å²) in [5.41, 5.74) is 2.52. The molecule has 1 aromatic rings. The van der Waals surface area contributed by atoms with Crippen LogP contribution in [-0.2, 0) is 4.84 Å². The normalized spacial score (nSPS) is 11.4. The molecule has 0 unspecified atom stereocenters. The maximum Gasteiger partial charge on any atom is 0.414 e. The fourth-order valence-corrected chi connectivity index (χ4v) is 1.15. The van der Waals surface area contributed by atoms with Crippen LogP contribution in [0, 0.1) is 6.92 Å². The first kappa shape index (κ1) is 13.8. The van der Waals surface area contributed by atoms with Crippen LogP contribution in [0.1, 0.15) is 15.9 Å². The van der Waals surface area contributed by atoms with Gasteiger partial charge in [-0.05, 0) is 30.7 Å². The number of nitrogens with one attached hydrogen (secondary N) is 1. The van der Waals surface area contributed by atoms with Crippen LogP contribution in [0.2, 0.25) is 5.02 Å². The first-order chi connectivity index (χ1) is 7.79. The number of carbonyl (C=O) groups is 1. The molecule has 94 valence electrons. The highest BCUT2D eigenvalue weighted by Gasteiger charge is 2.28. The molecule has 1 N–H and O–H groups in total. The molecular weight excluding hydrogens is 259 g/mol. The van der Waals surface area contributed by atoms with E-state index in [4.69, 9.17) is 11.6 Å². The summed E-state index contributed by atoms with van der Waals surface area (Å²) in [4.78, 5) is 15.4. The second-order valence-electron chi connectivity index (χ2n) is 3.30. The third-order valence-corrected chi connectivity index (χ3v) is 2.24. The first-order valence-electron chi connectivity index (χ1n) is 4.54. The molecule has 0 atom stereocenters. The molecule has 0 saturated carbocycles. The highest BCUT2D eigenvalue weighted by Crippen LogP contribution is 2.16. The summed E-state index contributed by atoms with van der Waals surface area (Å²) in [6.07, 6.45) is -4.48. The van der Waals surface area contributed by atoms with Crippen LogP contribution >= 0.6 is 11.6 Å². The van der Waals surface area contributed by atoms with E-state index in [9.17, 15) is 18.0 Å². The zero-order valence-corrected chi connectivity index (χ0v) is 9.52. The van der Waals surface area contributed by atoms with Gasteiger partial charge in [0.15, 0.2) is 6.61 Å². The predicted molar refractivity (Wildman–Crippen MR) is 55.7 cm³/mol. The number of hydrogen-bond acceptors (Lipinski definition) is 2. The van der Waals surface area contributed by atoms with Gasteiger partial charge < -0.3 is 0 Å². The molecule has 1 rings (SSSR count). The van der Waals surface area contributed by atoms with Crippen molar-refractivity contribution in [3.05, 3.63) is 34.3 Å². The Hall–Kier alpha value is -1.27. The summed E-state index contributed by atoms with van der Waals surface area (Å²) in [5.74, 6) is -0.756. The van der Waals surface area contributed by atoms with E-state index >= 15 is 0 Å². The quantitative estimate of drug-likeness (QED) is 0.855. The van der Waals surface area contributed by atoms with Crippen LogP contribution in [0.25, 0.3) is 0 Å². The van der Waals surface area contributed by atoms with Crippen molar-refractivity contribution < 1.29 is 22.8 Å². The van der Waals surface area contributed by atoms with E-state index in [1.165, 1.54) is 18.2 Å². The third kappa shape index (κ3) is 4.62. The Morgan fingerprint density at radius 2 is 2.12 bits per heavy atom. The second-order valence-corrected chi connectivity index (χ2v) is 3.71. The number of halogens is 4. The zero-order chi connectivity index (χ0) is 13.1. The number of aryl methyl sites for hydroxylation is 1. The summed E-state index contributed by atoms with van der Waals surface area (Å²) in [5, 5.41) is 0.470. The van der Waals surface area contributed by atoms with Crippen molar-refractivity contribution in [1.29, 1.82) is 0 Å². The van der Waals surface area contributed by atoms with Gasteiger partial charge >= 0.3 is 6.18 Å². The van der Waals surface area contributed by atoms with Crippen molar-refractivity contribution in [2.24, 2.45) is 0 Å². The Balaban J connectivity index is 2.56. The Labute approximate surface area is 100 Å². The van der Waals surface area contributed by atoms with Crippen molar-refractivity contribution in [2.75, 3.05) is 6.61 Å². The highest BCUT2D eigenvalue weighted by molar-refractivity contribution is 6.31. The number of amides is 1. The van der Waals surface area contributed by atoms with Gasteiger partial charge in [0.2, 0.25) is 0 Å². The molecule has 3 nitrogen and oxygen atoms in total. The summed E-state index contributed by atoms with van der Waals surface area (Å²) >= 11 is 5.74. The molecule has 0 bridgehead atoms.